The maximum atomic E-state index is 12.2. The fourth-order valence-electron chi connectivity index (χ4n) is 2.46. The number of nitrogens with zero attached hydrogens (tertiary/aromatic N) is 2. The summed E-state index contributed by atoms with van der Waals surface area (Å²) in [6, 6.07) is 19.0. The number of aromatic nitrogens is 2. The molecule has 3 rings (SSSR count). The Morgan fingerprint density at radius 1 is 1.21 bits per heavy atom. The first-order chi connectivity index (χ1) is 13.7. The van der Waals surface area contributed by atoms with E-state index in [0.717, 1.165) is 21.4 Å². The average Bonchev–Trinajstić information content (AvgIpc) is 3.20. The number of hydrogen-bond donors (Lipinski definition) is 2. The second-order valence-corrected chi connectivity index (χ2v) is 6.68. The highest BCUT2D eigenvalue weighted by Crippen LogP contribution is 2.22. The van der Waals surface area contributed by atoms with Gasteiger partial charge in [0.1, 0.15) is 11.4 Å². The topological polar surface area (TPSA) is 79.4 Å². The Kier molecular flexibility index (Phi) is 6.75. The van der Waals surface area contributed by atoms with Crippen molar-refractivity contribution in [3.63, 3.8) is 0 Å². The van der Waals surface area contributed by atoms with E-state index in [-0.39, 0.29) is 5.91 Å². The van der Waals surface area contributed by atoms with E-state index in [0.29, 0.717) is 18.0 Å². The van der Waals surface area contributed by atoms with Crippen molar-refractivity contribution in [2.45, 2.75) is 6.92 Å². The minimum absolute atomic E-state index is 0.317. The molecule has 0 spiro atoms. The van der Waals surface area contributed by atoms with E-state index >= 15 is 0 Å². The number of hydrazone groups is 1. The largest absolute Gasteiger partial charge is 0.494 e. The molecule has 0 radical (unpaired) electrons. The minimum atomic E-state index is -0.379. The highest BCUT2D eigenvalue weighted by molar-refractivity contribution is 9.12. The molecule has 0 fully saturated rings. The van der Waals surface area contributed by atoms with E-state index in [1.165, 1.54) is 6.21 Å². The van der Waals surface area contributed by atoms with Crippen LogP contribution in [0, 0.1) is 0 Å². The molecule has 0 aliphatic heterocycles. The summed E-state index contributed by atoms with van der Waals surface area (Å²) in [5, 5.41) is 10.9. The van der Waals surface area contributed by atoms with Crippen molar-refractivity contribution in [3.8, 4) is 17.0 Å². The standard InChI is InChI=1S/C21H19BrN4O2/c1-2-28-18-10-6-9-16(12-18)19-13-20(25-24-19)21(27)26-23-14-17(22)11-15-7-4-3-5-8-15/h3-14H,2H2,1H3,(H,24,25)(H,26,27)/b17-11-,23-14-. The molecule has 2 aromatic carbocycles. The highest BCUT2D eigenvalue weighted by atomic mass is 79.9. The summed E-state index contributed by atoms with van der Waals surface area (Å²) in [4.78, 5) is 12.2. The number of halogens is 1. The molecular weight excluding hydrogens is 420 g/mol. The maximum absolute atomic E-state index is 12.2. The molecular formula is C21H19BrN4O2. The van der Waals surface area contributed by atoms with Crippen molar-refractivity contribution in [1.29, 1.82) is 0 Å². The number of nitrogens with one attached hydrogen (secondary N) is 2. The summed E-state index contributed by atoms with van der Waals surface area (Å²) in [6.45, 7) is 2.52. The molecule has 0 aliphatic rings. The number of hydrogen-bond acceptors (Lipinski definition) is 4. The molecule has 0 atom stereocenters. The van der Waals surface area contributed by atoms with Crippen molar-refractivity contribution in [3.05, 3.63) is 76.4 Å². The van der Waals surface area contributed by atoms with Crippen LogP contribution in [-0.2, 0) is 0 Å². The van der Waals surface area contributed by atoms with Crippen LogP contribution in [0.25, 0.3) is 17.3 Å². The second kappa shape index (κ2) is 9.66. The highest BCUT2D eigenvalue weighted by Gasteiger charge is 2.11. The van der Waals surface area contributed by atoms with Crippen molar-refractivity contribution in [2.75, 3.05) is 6.61 Å². The number of amides is 1. The van der Waals surface area contributed by atoms with Crippen LogP contribution in [0.15, 0.2) is 70.2 Å². The fourth-order valence-corrected chi connectivity index (χ4v) is 2.82. The van der Waals surface area contributed by atoms with Gasteiger partial charge >= 0.3 is 0 Å². The van der Waals surface area contributed by atoms with E-state index in [1.807, 2.05) is 67.6 Å². The van der Waals surface area contributed by atoms with Crippen molar-refractivity contribution >= 4 is 34.1 Å². The predicted octanol–water partition coefficient (Wildman–Crippen LogP) is 4.63. The summed E-state index contributed by atoms with van der Waals surface area (Å²) in [5.41, 5.74) is 5.33. The lowest BCUT2D eigenvalue weighted by molar-refractivity contribution is 0.0950. The number of rotatable bonds is 7. The molecule has 7 heteroatoms. The molecule has 1 heterocycles. The van der Waals surface area contributed by atoms with Crippen molar-refractivity contribution in [2.24, 2.45) is 5.10 Å². The van der Waals surface area contributed by atoms with Crippen LogP contribution in [0.5, 0.6) is 5.75 Å². The minimum Gasteiger partial charge on any atom is -0.494 e. The second-order valence-electron chi connectivity index (χ2n) is 5.77. The van der Waals surface area contributed by atoms with Gasteiger partial charge in [-0.25, -0.2) is 5.43 Å². The molecule has 28 heavy (non-hydrogen) atoms. The van der Waals surface area contributed by atoms with Crippen molar-refractivity contribution in [1.82, 2.24) is 15.6 Å². The van der Waals surface area contributed by atoms with Gasteiger partial charge in [-0.15, -0.1) is 0 Å². The predicted molar refractivity (Wildman–Crippen MR) is 114 cm³/mol. The monoisotopic (exact) mass is 438 g/mol. The van der Waals surface area contributed by atoms with Gasteiger partial charge in [0.15, 0.2) is 0 Å². The Hall–Kier alpha value is -3.19. The smallest absolute Gasteiger partial charge is 0.289 e. The van der Waals surface area contributed by atoms with E-state index in [2.05, 4.69) is 36.7 Å². The maximum Gasteiger partial charge on any atom is 0.289 e. The Balaban J connectivity index is 1.63. The summed E-state index contributed by atoms with van der Waals surface area (Å²) in [5.74, 6) is 0.379. The zero-order valence-electron chi connectivity index (χ0n) is 15.2. The van der Waals surface area contributed by atoms with Crippen LogP contribution >= 0.6 is 15.9 Å². The van der Waals surface area contributed by atoms with Crippen LogP contribution in [0.3, 0.4) is 0 Å². The summed E-state index contributed by atoms with van der Waals surface area (Å²) in [7, 11) is 0. The lowest BCUT2D eigenvalue weighted by Gasteiger charge is -2.03. The Morgan fingerprint density at radius 2 is 2.04 bits per heavy atom. The van der Waals surface area contributed by atoms with E-state index < -0.39 is 0 Å². The molecule has 0 bridgehead atoms. The van der Waals surface area contributed by atoms with Gasteiger partial charge in [-0.1, -0.05) is 42.5 Å². The molecule has 0 aliphatic carbocycles. The lowest BCUT2D eigenvalue weighted by atomic mass is 10.1. The molecule has 1 amide bonds. The number of carbonyl (C=O) groups excluding carboxylic acids is 1. The van der Waals surface area contributed by atoms with Gasteiger partial charge in [0.2, 0.25) is 0 Å². The Morgan fingerprint density at radius 3 is 2.82 bits per heavy atom. The first-order valence-corrected chi connectivity index (χ1v) is 9.49. The normalized spacial score (nSPS) is 11.6. The third-order valence-electron chi connectivity index (χ3n) is 3.72. The lowest BCUT2D eigenvalue weighted by Crippen LogP contribution is -2.17. The van der Waals surface area contributed by atoms with Gasteiger partial charge in [0, 0.05) is 10.0 Å². The average molecular weight is 439 g/mol. The zero-order valence-corrected chi connectivity index (χ0v) is 16.8. The number of allylic oxidation sites excluding steroid dienone is 1. The van der Waals surface area contributed by atoms with Crippen molar-refractivity contribution < 1.29 is 9.53 Å². The number of aromatic amines is 1. The van der Waals surface area contributed by atoms with E-state index in [1.54, 1.807) is 6.07 Å². The number of H-pyrrole nitrogens is 1. The molecule has 6 nitrogen and oxygen atoms in total. The molecule has 0 saturated heterocycles. The molecule has 2 N–H and O–H groups in total. The SMILES string of the molecule is CCOc1cccc(-c2cc(C(=O)N/N=C\C(Br)=C\c3ccccc3)[nH]n2)c1. The summed E-state index contributed by atoms with van der Waals surface area (Å²) >= 11 is 3.40. The van der Waals surface area contributed by atoms with Gasteiger partial charge in [-0.2, -0.15) is 10.2 Å². The molecule has 1 aromatic heterocycles. The van der Waals surface area contributed by atoms with Crippen LogP contribution in [0.4, 0.5) is 0 Å². The molecule has 0 unspecified atom stereocenters. The van der Waals surface area contributed by atoms with Crippen LogP contribution in [-0.4, -0.2) is 28.9 Å². The summed E-state index contributed by atoms with van der Waals surface area (Å²) < 4.78 is 6.23. The first kappa shape index (κ1) is 19.6. The van der Waals surface area contributed by atoms with E-state index in [4.69, 9.17) is 4.74 Å². The molecule has 3 aromatic rings. The van der Waals surface area contributed by atoms with Gasteiger partial charge < -0.3 is 4.74 Å². The quantitative estimate of drug-likeness (QED) is 0.416. The van der Waals surface area contributed by atoms with Gasteiger partial charge in [0.25, 0.3) is 5.91 Å². The molecule has 0 saturated carbocycles. The van der Waals surface area contributed by atoms with Crippen LogP contribution in [0.2, 0.25) is 0 Å². The Bertz CT molecular complexity index is 996. The third kappa shape index (κ3) is 5.40. The third-order valence-corrected chi connectivity index (χ3v) is 4.16. The van der Waals surface area contributed by atoms with Gasteiger partial charge in [-0.3, -0.25) is 9.89 Å². The van der Waals surface area contributed by atoms with Gasteiger partial charge in [0.05, 0.1) is 18.5 Å². The zero-order chi connectivity index (χ0) is 19.8. The molecule has 142 valence electrons. The number of ether oxygens (including phenoxy) is 1. The number of carbonyl (C=O) groups is 1. The summed E-state index contributed by atoms with van der Waals surface area (Å²) in [6.07, 6.45) is 3.42. The fraction of sp³-hybridized carbons (Fsp3) is 0.0952. The Labute approximate surface area is 171 Å². The van der Waals surface area contributed by atoms with Crippen LogP contribution in [0.1, 0.15) is 23.0 Å². The first-order valence-electron chi connectivity index (χ1n) is 8.70. The van der Waals surface area contributed by atoms with Gasteiger partial charge in [-0.05, 0) is 52.7 Å². The van der Waals surface area contributed by atoms with Crippen LogP contribution < -0.4 is 10.2 Å². The number of benzene rings is 2. The van der Waals surface area contributed by atoms with E-state index in [9.17, 15) is 4.79 Å².